The molecule has 144 valence electrons. The molecule has 2 aromatic rings. The van der Waals surface area contributed by atoms with Gasteiger partial charge in [0.1, 0.15) is 5.82 Å². The number of aromatic nitrogens is 1. The Morgan fingerprint density at radius 1 is 1.26 bits per heavy atom. The van der Waals surface area contributed by atoms with Gasteiger partial charge in [0.05, 0.1) is 6.61 Å². The van der Waals surface area contributed by atoms with E-state index in [9.17, 15) is 4.39 Å². The number of aliphatic imine (C=N–C) groups is 1. The maximum Gasteiger partial charge on any atom is 0.213 e. The van der Waals surface area contributed by atoms with Crippen LogP contribution < -0.4 is 15.4 Å². The number of hydrogen-bond donors (Lipinski definition) is 2. The van der Waals surface area contributed by atoms with Gasteiger partial charge in [-0.15, -0.1) is 0 Å². The summed E-state index contributed by atoms with van der Waals surface area (Å²) in [7, 11) is 1.74. The van der Waals surface area contributed by atoms with Crippen molar-refractivity contribution in [3.05, 3.63) is 59.0 Å². The normalized spacial score (nSPS) is 14.1. The Kier molecular flexibility index (Phi) is 6.63. The van der Waals surface area contributed by atoms with E-state index in [1.54, 1.807) is 13.1 Å². The van der Waals surface area contributed by atoms with E-state index in [-0.39, 0.29) is 5.82 Å². The van der Waals surface area contributed by atoms with Crippen LogP contribution >= 0.6 is 0 Å². The molecule has 1 fully saturated rings. The lowest BCUT2D eigenvalue weighted by Gasteiger charge is -2.13. The van der Waals surface area contributed by atoms with Crippen LogP contribution in [0.4, 0.5) is 4.39 Å². The molecule has 0 amide bonds. The summed E-state index contributed by atoms with van der Waals surface area (Å²) >= 11 is 0. The van der Waals surface area contributed by atoms with Crippen molar-refractivity contribution in [1.82, 2.24) is 15.6 Å². The van der Waals surface area contributed by atoms with Gasteiger partial charge in [-0.3, -0.25) is 4.99 Å². The number of benzene rings is 1. The average molecular weight is 370 g/mol. The number of hydrogen-bond acceptors (Lipinski definition) is 3. The second-order valence-corrected chi connectivity index (χ2v) is 6.93. The third kappa shape index (κ3) is 6.24. The molecule has 0 spiro atoms. The molecule has 0 aliphatic heterocycles. The minimum absolute atomic E-state index is 0.195. The molecule has 6 heteroatoms. The minimum atomic E-state index is -0.195. The Labute approximate surface area is 160 Å². The molecule has 1 saturated carbocycles. The first-order valence-electron chi connectivity index (χ1n) is 9.41. The number of ether oxygens (including phenoxy) is 1. The van der Waals surface area contributed by atoms with Crippen molar-refractivity contribution >= 4 is 5.96 Å². The van der Waals surface area contributed by atoms with Crippen molar-refractivity contribution in [3.8, 4) is 5.88 Å². The van der Waals surface area contributed by atoms with Crippen LogP contribution in [0.5, 0.6) is 5.88 Å². The molecule has 0 radical (unpaired) electrons. The Morgan fingerprint density at radius 3 is 2.78 bits per heavy atom. The highest BCUT2D eigenvalue weighted by Gasteiger charge is 2.22. The molecule has 1 aromatic carbocycles. The fraction of sp³-hybridized carbons (Fsp3) is 0.429. The van der Waals surface area contributed by atoms with Crippen LogP contribution in [0.15, 0.2) is 41.5 Å². The number of halogens is 1. The van der Waals surface area contributed by atoms with Gasteiger partial charge in [0.15, 0.2) is 5.96 Å². The van der Waals surface area contributed by atoms with Gasteiger partial charge in [-0.25, -0.2) is 9.37 Å². The molecule has 1 heterocycles. The predicted molar refractivity (Wildman–Crippen MR) is 105 cm³/mol. The molecule has 0 atom stereocenters. The highest BCUT2D eigenvalue weighted by atomic mass is 19.1. The highest BCUT2D eigenvalue weighted by molar-refractivity contribution is 5.79. The van der Waals surface area contributed by atoms with Gasteiger partial charge in [-0.05, 0) is 60.9 Å². The molecule has 1 aliphatic rings. The molecule has 27 heavy (non-hydrogen) atoms. The number of nitrogens with one attached hydrogen (secondary N) is 2. The summed E-state index contributed by atoms with van der Waals surface area (Å²) in [6.45, 7) is 4.05. The Hall–Kier alpha value is -2.63. The molecule has 1 aromatic heterocycles. The lowest BCUT2D eigenvalue weighted by molar-refractivity contribution is 0.288. The molecular formula is C21H27FN4O. The van der Waals surface area contributed by atoms with Crippen molar-refractivity contribution in [3.63, 3.8) is 0 Å². The zero-order valence-corrected chi connectivity index (χ0v) is 16.0. The van der Waals surface area contributed by atoms with E-state index in [2.05, 4.69) is 20.6 Å². The molecule has 1 aliphatic carbocycles. The summed E-state index contributed by atoms with van der Waals surface area (Å²) in [6, 6.07) is 8.82. The summed E-state index contributed by atoms with van der Waals surface area (Å²) in [4.78, 5) is 8.58. The Balaban J connectivity index is 1.40. The molecule has 2 N–H and O–H groups in total. The third-order valence-corrected chi connectivity index (χ3v) is 4.64. The van der Waals surface area contributed by atoms with Crippen LogP contribution in [-0.2, 0) is 13.0 Å². The third-order valence-electron chi connectivity index (χ3n) is 4.64. The second kappa shape index (κ2) is 9.35. The van der Waals surface area contributed by atoms with E-state index >= 15 is 0 Å². The van der Waals surface area contributed by atoms with E-state index < -0.39 is 0 Å². The van der Waals surface area contributed by atoms with Crippen LogP contribution in [0.1, 0.15) is 29.5 Å². The van der Waals surface area contributed by atoms with Gasteiger partial charge >= 0.3 is 0 Å². The SMILES string of the molecule is CN=C(NCCc1ccc(F)cc1C)NCc1ccc(OCC2CC2)nc1. The molecule has 0 saturated heterocycles. The van der Waals surface area contributed by atoms with E-state index in [4.69, 9.17) is 4.74 Å². The van der Waals surface area contributed by atoms with Crippen LogP contribution in [0.25, 0.3) is 0 Å². The lowest BCUT2D eigenvalue weighted by atomic mass is 10.1. The van der Waals surface area contributed by atoms with E-state index in [1.807, 2.05) is 31.3 Å². The summed E-state index contributed by atoms with van der Waals surface area (Å²) in [5.74, 6) is 1.94. The van der Waals surface area contributed by atoms with Gasteiger partial charge in [0.25, 0.3) is 0 Å². The number of pyridine rings is 1. The van der Waals surface area contributed by atoms with Crippen LogP contribution in [0, 0.1) is 18.7 Å². The van der Waals surface area contributed by atoms with E-state index in [1.165, 1.54) is 18.9 Å². The highest BCUT2D eigenvalue weighted by Crippen LogP contribution is 2.29. The lowest BCUT2D eigenvalue weighted by Crippen LogP contribution is -2.37. The number of guanidine groups is 1. The molecule has 3 rings (SSSR count). The Bertz CT molecular complexity index is 772. The largest absolute Gasteiger partial charge is 0.477 e. The Morgan fingerprint density at radius 2 is 2.11 bits per heavy atom. The summed E-state index contributed by atoms with van der Waals surface area (Å²) in [5, 5.41) is 6.55. The van der Waals surface area contributed by atoms with Gasteiger partial charge in [-0.1, -0.05) is 12.1 Å². The van der Waals surface area contributed by atoms with Crippen LogP contribution in [0.2, 0.25) is 0 Å². The zero-order valence-electron chi connectivity index (χ0n) is 16.0. The monoisotopic (exact) mass is 370 g/mol. The number of aryl methyl sites for hydroxylation is 1. The zero-order chi connectivity index (χ0) is 19.1. The van der Waals surface area contributed by atoms with Crippen molar-refractivity contribution in [1.29, 1.82) is 0 Å². The van der Waals surface area contributed by atoms with Crippen molar-refractivity contribution in [2.45, 2.75) is 32.7 Å². The minimum Gasteiger partial charge on any atom is -0.477 e. The second-order valence-electron chi connectivity index (χ2n) is 6.93. The van der Waals surface area contributed by atoms with E-state index in [0.29, 0.717) is 12.4 Å². The first kappa shape index (κ1) is 19.1. The number of rotatable bonds is 8. The van der Waals surface area contributed by atoms with Gasteiger partial charge in [0.2, 0.25) is 5.88 Å². The van der Waals surface area contributed by atoms with Crippen LogP contribution in [-0.4, -0.2) is 31.1 Å². The summed E-state index contributed by atoms with van der Waals surface area (Å²) < 4.78 is 18.8. The first-order valence-corrected chi connectivity index (χ1v) is 9.41. The van der Waals surface area contributed by atoms with Crippen molar-refractivity contribution < 1.29 is 9.13 Å². The molecule has 0 bridgehead atoms. The van der Waals surface area contributed by atoms with Gasteiger partial charge in [0, 0.05) is 32.4 Å². The van der Waals surface area contributed by atoms with Gasteiger partial charge in [-0.2, -0.15) is 0 Å². The first-order chi connectivity index (χ1) is 13.1. The predicted octanol–water partition coefficient (Wildman–Crippen LogP) is 3.23. The number of nitrogens with zero attached hydrogens (tertiary/aromatic N) is 2. The molecular weight excluding hydrogens is 343 g/mol. The van der Waals surface area contributed by atoms with Crippen LogP contribution in [0.3, 0.4) is 0 Å². The van der Waals surface area contributed by atoms with Crippen molar-refractivity contribution in [2.24, 2.45) is 10.9 Å². The maximum atomic E-state index is 13.2. The van der Waals surface area contributed by atoms with Gasteiger partial charge < -0.3 is 15.4 Å². The quantitative estimate of drug-likeness (QED) is 0.553. The molecule has 5 nitrogen and oxygen atoms in total. The topological polar surface area (TPSA) is 58.5 Å². The average Bonchev–Trinajstić information content (AvgIpc) is 3.50. The fourth-order valence-corrected chi connectivity index (χ4v) is 2.75. The maximum absolute atomic E-state index is 13.2. The summed E-state index contributed by atoms with van der Waals surface area (Å²) in [5.41, 5.74) is 3.16. The molecule has 0 unspecified atom stereocenters. The summed E-state index contributed by atoms with van der Waals surface area (Å²) in [6.07, 6.45) is 5.18. The van der Waals surface area contributed by atoms with E-state index in [0.717, 1.165) is 48.1 Å². The fourth-order valence-electron chi connectivity index (χ4n) is 2.75. The smallest absolute Gasteiger partial charge is 0.213 e. The standard InChI is InChI=1S/C21H27FN4O/c1-15-11-19(22)7-6-18(15)9-10-24-21(23-2)26-13-17-5-8-20(25-12-17)27-14-16-3-4-16/h5-8,11-12,16H,3-4,9-10,13-14H2,1-2H3,(H2,23,24,26). The van der Waals surface area contributed by atoms with Crippen molar-refractivity contribution in [2.75, 3.05) is 20.2 Å².